The third-order valence-corrected chi connectivity index (χ3v) is 5.44. The van der Waals surface area contributed by atoms with E-state index < -0.39 is 11.7 Å². The number of ether oxygens (including phenoxy) is 1. The van der Waals surface area contributed by atoms with Crippen LogP contribution in [0.2, 0.25) is 0 Å². The SMILES string of the molecule is CCc1ccc(-n2nc(C)c3c2NC(=O)CC3C(=O)c2ccc(F)c(OC)c2)cc1. The minimum atomic E-state index is -0.701. The van der Waals surface area contributed by atoms with E-state index in [1.165, 1.54) is 30.9 Å². The van der Waals surface area contributed by atoms with E-state index in [-0.39, 0.29) is 23.9 Å². The Morgan fingerprint density at radius 3 is 2.67 bits per heavy atom. The van der Waals surface area contributed by atoms with Gasteiger partial charge < -0.3 is 10.1 Å². The third-order valence-electron chi connectivity index (χ3n) is 5.44. The van der Waals surface area contributed by atoms with Crippen LogP contribution in [0.3, 0.4) is 0 Å². The van der Waals surface area contributed by atoms with Crippen molar-refractivity contribution in [2.45, 2.75) is 32.6 Å². The summed E-state index contributed by atoms with van der Waals surface area (Å²) in [5.41, 5.74) is 3.63. The Morgan fingerprint density at radius 1 is 1.27 bits per heavy atom. The summed E-state index contributed by atoms with van der Waals surface area (Å²) in [4.78, 5) is 25.7. The summed E-state index contributed by atoms with van der Waals surface area (Å²) in [7, 11) is 1.34. The predicted molar refractivity (Wildman–Crippen MR) is 111 cm³/mol. The fraction of sp³-hybridized carbons (Fsp3) is 0.261. The summed E-state index contributed by atoms with van der Waals surface area (Å²) in [5, 5.41) is 7.46. The highest BCUT2D eigenvalue weighted by molar-refractivity contribution is 6.08. The van der Waals surface area contributed by atoms with E-state index in [9.17, 15) is 14.0 Å². The Kier molecular flexibility index (Phi) is 5.11. The molecule has 0 bridgehead atoms. The number of carbonyl (C=O) groups excluding carboxylic acids is 2. The number of rotatable bonds is 5. The van der Waals surface area contributed by atoms with Crippen molar-refractivity contribution < 1.29 is 18.7 Å². The van der Waals surface area contributed by atoms with Gasteiger partial charge in [-0.1, -0.05) is 19.1 Å². The smallest absolute Gasteiger partial charge is 0.226 e. The first-order valence-electron chi connectivity index (χ1n) is 9.79. The molecule has 3 aromatic rings. The summed E-state index contributed by atoms with van der Waals surface area (Å²) in [6.45, 7) is 3.90. The lowest BCUT2D eigenvalue weighted by atomic mass is 9.85. The van der Waals surface area contributed by atoms with Gasteiger partial charge in [-0.05, 0) is 49.2 Å². The van der Waals surface area contributed by atoms with Gasteiger partial charge in [0.05, 0.1) is 24.4 Å². The molecule has 7 heteroatoms. The molecule has 1 aromatic heterocycles. The number of nitrogens with zero attached hydrogens (tertiary/aromatic N) is 2. The van der Waals surface area contributed by atoms with E-state index >= 15 is 0 Å². The molecule has 0 spiro atoms. The van der Waals surface area contributed by atoms with Gasteiger partial charge in [-0.25, -0.2) is 9.07 Å². The Bertz CT molecular complexity index is 1140. The van der Waals surface area contributed by atoms with Crippen LogP contribution in [-0.4, -0.2) is 28.6 Å². The second kappa shape index (κ2) is 7.74. The van der Waals surface area contributed by atoms with E-state index in [2.05, 4.69) is 17.3 Å². The largest absolute Gasteiger partial charge is 0.494 e. The number of aromatic nitrogens is 2. The standard InChI is InChI=1S/C23H22FN3O3/c1-4-14-5-8-16(9-6-14)27-23-21(13(2)26-27)17(12-20(28)25-23)22(29)15-7-10-18(24)19(11-15)30-3/h5-11,17H,4,12H2,1-3H3,(H,25,28). The summed E-state index contributed by atoms with van der Waals surface area (Å²) >= 11 is 0. The minimum Gasteiger partial charge on any atom is -0.494 e. The number of hydrogen-bond donors (Lipinski definition) is 1. The summed E-state index contributed by atoms with van der Waals surface area (Å²) in [6.07, 6.45) is 0.928. The molecule has 0 aliphatic carbocycles. The van der Waals surface area contributed by atoms with Crippen molar-refractivity contribution >= 4 is 17.5 Å². The van der Waals surface area contributed by atoms with E-state index in [1.54, 1.807) is 4.68 Å². The lowest BCUT2D eigenvalue weighted by molar-refractivity contribution is -0.116. The average Bonchev–Trinajstić information content (AvgIpc) is 3.09. The number of fused-ring (bicyclic) bond motifs is 1. The van der Waals surface area contributed by atoms with Crippen molar-refractivity contribution in [2.24, 2.45) is 0 Å². The van der Waals surface area contributed by atoms with Crippen LogP contribution >= 0.6 is 0 Å². The maximum absolute atomic E-state index is 13.8. The lowest BCUT2D eigenvalue weighted by Gasteiger charge is -2.23. The summed E-state index contributed by atoms with van der Waals surface area (Å²) in [6, 6.07) is 11.9. The monoisotopic (exact) mass is 407 g/mol. The average molecular weight is 407 g/mol. The summed E-state index contributed by atoms with van der Waals surface area (Å²) in [5.74, 6) is -1.29. The molecular weight excluding hydrogens is 385 g/mol. The lowest BCUT2D eigenvalue weighted by Crippen LogP contribution is -2.28. The molecule has 1 unspecified atom stereocenters. The number of Topliss-reactive ketones (excluding diaryl/α,β-unsaturated/α-hetero) is 1. The molecule has 1 aliphatic rings. The van der Waals surface area contributed by atoms with Crippen LogP contribution in [0.15, 0.2) is 42.5 Å². The fourth-order valence-electron chi connectivity index (χ4n) is 3.85. The highest BCUT2D eigenvalue weighted by Crippen LogP contribution is 2.38. The van der Waals surface area contributed by atoms with Crippen molar-refractivity contribution in [1.29, 1.82) is 0 Å². The number of nitrogens with one attached hydrogen (secondary N) is 1. The molecule has 1 amide bonds. The summed E-state index contributed by atoms with van der Waals surface area (Å²) < 4.78 is 20.4. The second-order valence-electron chi connectivity index (χ2n) is 7.30. The van der Waals surface area contributed by atoms with Crippen LogP contribution in [0.4, 0.5) is 10.2 Å². The van der Waals surface area contributed by atoms with Crippen molar-refractivity contribution in [3.63, 3.8) is 0 Å². The van der Waals surface area contributed by atoms with E-state index in [4.69, 9.17) is 4.74 Å². The number of amides is 1. The van der Waals surface area contributed by atoms with Crippen LogP contribution in [0, 0.1) is 12.7 Å². The zero-order chi connectivity index (χ0) is 21.4. The first-order chi connectivity index (χ1) is 14.4. The highest BCUT2D eigenvalue weighted by atomic mass is 19.1. The number of aryl methyl sites for hydroxylation is 2. The fourth-order valence-corrected chi connectivity index (χ4v) is 3.85. The van der Waals surface area contributed by atoms with Gasteiger partial charge in [-0.3, -0.25) is 9.59 Å². The molecule has 2 aromatic carbocycles. The highest BCUT2D eigenvalue weighted by Gasteiger charge is 2.36. The Balaban J connectivity index is 1.78. The van der Waals surface area contributed by atoms with Gasteiger partial charge in [0.2, 0.25) is 5.91 Å². The van der Waals surface area contributed by atoms with Crippen LogP contribution in [0.25, 0.3) is 5.69 Å². The molecule has 0 fully saturated rings. The van der Waals surface area contributed by atoms with Crippen molar-refractivity contribution in [2.75, 3.05) is 12.4 Å². The molecule has 0 saturated heterocycles. The molecule has 154 valence electrons. The van der Waals surface area contributed by atoms with Gasteiger partial charge >= 0.3 is 0 Å². The molecule has 1 N–H and O–H groups in total. The number of hydrogen-bond acceptors (Lipinski definition) is 4. The number of halogens is 1. The van der Waals surface area contributed by atoms with Gasteiger partial charge in [-0.2, -0.15) is 5.10 Å². The number of methoxy groups -OCH3 is 1. The molecule has 2 heterocycles. The van der Waals surface area contributed by atoms with Gasteiger partial charge in [0.1, 0.15) is 5.82 Å². The van der Waals surface area contributed by atoms with E-state index in [0.29, 0.717) is 22.6 Å². The van der Waals surface area contributed by atoms with Crippen molar-refractivity contribution in [1.82, 2.24) is 9.78 Å². The molecule has 1 aliphatic heterocycles. The van der Waals surface area contributed by atoms with Crippen LogP contribution in [0.1, 0.15) is 46.4 Å². The zero-order valence-corrected chi connectivity index (χ0v) is 17.0. The third kappa shape index (κ3) is 3.36. The van der Waals surface area contributed by atoms with Crippen molar-refractivity contribution in [3.8, 4) is 11.4 Å². The second-order valence-corrected chi connectivity index (χ2v) is 7.30. The van der Waals surface area contributed by atoms with Gasteiger partial charge in [0.15, 0.2) is 17.3 Å². The molecule has 0 radical (unpaired) electrons. The molecule has 0 saturated carbocycles. The maximum atomic E-state index is 13.8. The molecule has 1 atom stereocenters. The van der Waals surface area contributed by atoms with Gasteiger partial charge in [0.25, 0.3) is 0 Å². The maximum Gasteiger partial charge on any atom is 0.226 e. The van der Waals surface area contributed by atoms with E-state index in [0.717, 1.165) is 12.1 Å². The van der Waals surface area contributed by atoms with Crippen molar-refractivity contribution in [3.05, 3.63) is 70.7 Å². The van der Waals surface area contributed by atoms with E-state index in [1.807, 2.05) is 31.2 Å². The molecule has 6 nitrogen and oxygen atoms in total. The quantitative estimate of drug-likeness (QED) is 0.644. The van der Waals surface area contributed by atoms with Crippen LogP contribution in [-0.2, 0) is 11.2 Å². The Morgan fingerprint density at radius 2 is 2.00 bits per heavy atom. The number of ketones is 1. The van der Waals surface area contributed by atoms with Crippen LogP contribution < -0.4 is 10.1 Å². The predicted octanol–water partition coefficient (Wildman–Crippen LogP) is 4.20. The molecule has 4 rings (SSSR count). The molecular formula is C23H22FN3O3. The number of carbonyl (C=O) groups is 2. The topological polar surface area (TPSA) is 73.2 Å². The minimum absolute atomic E-state index is 0.00678. The number of benzene rings is 2. The Labute approximate surface area is 173 Å². The Hall–Kier alpha value is -3.48. The number of anilines is 1. The first kappa shape index (κ1) is 19.8. The van der Waals surface area contributed by atoms with Crippen LogP contribution in [0.5, 0.6) is 5.75 Å². The van der Waals surface area contributed by atoms with Gasteiger partial charge in [0, 0.05) is 17.5 Å². The zero-order valence-electron chi connectivity index (χ0n) is 17.0. The normalized spacial score (nSPS) is 15.5. The molecule has 30 heavy (non-hydrogen) atoms. The van der Waals surface area contributed by atoms with Gasteiger partial charge in [-0.15, -0.1) is 0 Å². The first-order valence-corrected chi connectivity index (χ1v) is 9.79.